The van der Waals surface area contributed by atoms with Crippen LogP contribution in [0.1, 0.15) is 56.3 Å². The van der Waals surface area contributed by atoms with Gasteiger partial charge in [-0.05, 0) is 68.3 Å². The number of halogens is 1. The summed E-state index contributed by atoms with van der Waals surface area (Å²) in [6, 6.07) is 16.4. The van der Waals surface area contributed by atoms with E-state index < -0.39 is 24.0 Å². The number of nitrogen functional groups attached to an aromatic ring is 1. The maximum atomic E-state index is 13.8. The number of unbranched alkanes of at least 4 members (excludes halogenated alkanes) is 2. The molecular formula is C36H45FN6O6. The van der Waals surface area contributed by atoms with Crippen molar-refractivity contribution in [3.8, 4) is 5.75 Å². The van der Waals surface area contributed by atoms with E-state index >= 15 is 0 Å². The number of hydrogen-bond acceptors (Lipinski definition) is 7. The van der Waals surface area contributed by atoms with Crippen LogP contribution in [0.2, 0.25) is 0 Å². The molecule has 3 aromatic carbocycles. The number of nitrogens with two attached hydrogens (primary N) is 1. The zero-order chi connectivity index (χ0) is 35.5. The Morgan fingerprint density at radius 3 is 2.24 bits per heavy atom. The molecule has 1 heterocycles. The molecule has 6 N–H and O–H groups in total. The summed E-state index contributed by atoms with van der Waals surface area (Å²) >= 11 is 0. The summed E-state index contributed by atoms with van der Waals surface area (Å²) in [7, 11) is 1.60. The SMILES string of the molecule is C[C@@H]1CN([C@@H](C)CO)C(=O)c2cccc(NC(=O)CCCCCC(=O)Nc3ccccc3N)c2O[C@@H]1CN(C)C(=O)Nc1ccc(F)cc1. The van der Waals surface area contributed by atoms with Crippen LogP contribution < -0.4 is 26.4 Å². The Labute approximate surface area is 285 Å². The maximum Gasteiger partial charge on any atom is 0.321 e. The number of urea groups is 1. The van der Waals surface area contributed by atoms with Crippen molar-refractivity contribution < 1.29 is 33.4 Å². The quantitative estimate of drug-likeness (QED) is 0.121. The predicted octanol–water partition coefficient (Wildman–Crippen LogP) is 5.32. The number of hydrogen-bond donors (Lipinski definition) is 5. The van der Waals surface area contributed by atoms with Crippen LogP contribution >= 0.6 is 0 Å². The van der Waals surface area contributed by atoms with E-state index in [1.54, 1.807) is 61.3 Å². The van der Waals surface area contributed by atoms with Crippen LogP contribution in [0.15, 0.2) is 66.7 Å². The molecular weight excluding hydrogens is 631 g/mol. The van der Waals surface area contributed by atoms with E-state index in [2.05, 4.69) is 16.0 Å². The fraction of sp³-hybridized carbons (Fsp3) is 0.389. The highest BCUT2D eigenvalue weighted by atomic mass is 19.1. The van der Waals surface area contributed by atoms with Crippen molar-refractivity contribution in [3.63, 3.8) is 0 Å². The van der Waals surface area contributed by atoms with Crippen molar-refractivity contribution in [2.45, 2.75) is 58.1 Å². The number of nitrogens with one attached hydrogen (secondary N) is 3. The average molecular weight is 677 g/mol. The summed E-state index contributed by atoms with van der Waals surface area (Å²) in [6.07, 6.45) is 1.63. The van der Waals surface area contributed by atoms with Gasteiger partial charge in [0.25, 0.3) is 5.91 Å². The molecule has 49 heavy (non-hydrogen) atoms. The molecule has 3 atom stereocenters. The average Bonchev–Trinajstić information content (AvgIpc) is 3.08. The van der Waals surface area contributed by atoms with Crippen LogP contribution in [0, 0.1) is 11.7 Å². The highest BCUT2D eigenvalue weighted by Gasteiger charge is 2.35. The van der Waals surface area contributed by atoms with Gasteiger partial charge in [-0.15, -0.1) is 0 Å². The molecule has 13 heteroatoms. The lowest BCUT2D eigenvalue weighted by molar-refractivity contribution is -0.116. The van der Waals surface area contributed by atoms with Gasteiger partial charge in [-0.25, -0.2) is 9.18 Å². The number of amides is 5. The van der Waals surface area contributed by atoms with E-state index in [4.69, 9.17) is 10.5 Å². The first-order valence-electron chi connectivity index (χ1n) is 16.4. The predicted molar refractivity (Wildman–Crippen MR) is 187 cm³/mol. The maximum absolute atomic E-state index is 13.8. The van der Waals surface area contributed by atoms with Gasteiger partial charge in [-0.1, -0.05) is 31.5 Å². The molecule has 4 rings (SSSR count). The van der Waals surface area contributed by atoms with Gasteiger partial charge in [0, 0.05) is 38.0 Å². The topological polar surface area (TPSA) is 166 Å². The number of benzene rings is 3. The molecule has 0 bridgehead atoms. The lowest BCUT2D eigenvalue weighted by Gasteiger charge is -2.38. The third-order valence-electron chi connectivity index (χ3n) is 8.40. The highest BCUT2D eigenvalue weighted by Crippen LogP contribution is 2.35. The molecule has 1 aliphatic rings. The van der Waals surface area contributed by atoms with E-state index in [0.717, 1.165) is 0 Å². The minimum absolute atomic E-state index is 0.121. The highest BCUT2D eigenvalue weighted by molar-refractivity contribution is 6.01. The molecule has 0 aliphatic carbocycles. The van der Waals surface area contributed by atoms with Crippen LogP contribution in [-0.2, 0) is 9.59 Å². The first-order valence-corrected chi connectivity index (χ1v) is 16.4. The van der Waals surface area contributed by atoms with Gasteiger partial charge >= 0.3 is 6.03 Å². The largest absolute Gasteiger partial charge is 0.485 e. The normalized spacial score (nSPS) is 16.3. The van der Waals surface area contributed by atoms with Gasteiger partial charge in [0.05, 0.1) is 41.8 Å². The second kappa shape index (κ2) is 17.3. The summed E-state index contributed by atoms with van der Waals surface area (Å²) in [5.74, 6) is -1.32. The molecule has 0 saturated heterocycles. The number of aliphatic hydroxyl groups excluding tert-OH is 1. The Bertz CT molecular complexity index is 1620. The van der Waals surface area contributed by atoms with Gasteiger partial charge in [-0.2, -0.15) is 0 Å². The Kier molecular flexibility index (Phi) is 12.9. The minimum Gasteiger partial charge on any atom is -0.485 e. The lowest BCUT2D eigenvalue weighted by atomic mass is 9.99. The number of anilines is 4. The fourth-order valence-electron chi connectivity index (χ4n) is 5.45. The molecule has 0 fully saturated rings. The summed E-state index contributed by atoms with van der Waals surface area (Å²) < 4.78 is 19.8. The number of aliphatic hydroxyl groups is 1. The molecule has 3 aromatic rings. The van der Waals surface area contributed by atoms with Crippen LogP contribution in [0.25, 0.3) is 0 Å². The molecule has 1 aliphatic heterocycles. The third-order valence-corrected chi connectivity index (χ3v) is 8.40. The van der Waals surface area contributed by atoms with Gasteiger partial charge in [0.15, 0.2) is 5.75 Å². The summed E-state index contributed by atoms with van der Waals surface area (Å²) in [5.41, 5.74) is 7.90. The standard InChI is InChI=1S/C36H45FN6O6/c1-23-20-43(24(2)22-44)35(47)27-10-9-13-30(34(27)49-31(23)21-42(3)36(48)39-26-18-16-25(37)17-19-26)41-33(46)15-6-4-5-14-32(45)40-29-12-8-7-11-28(29)38/h7-13,16-19,23-24,31,44H,4-6,14-15,20-22,38H2,1-3H3,(H,39,48)(H,40,45)(H,41,46)/t23-,24+,31-/m1/s1. The second-order valence-corrected chi connectivity index (χ2v) is 12.4. The van der Waals surface area contributed by atoms with Crippen LogP contribution in [0.4, 0.5) is 31.9 Å². The van der Waals surface area contributed by atoms with Gasteiger partial charge < -0.3 is 41.3 Å². The van der Waals surface area contributed by atoms with Gasteiger partial charge in [-0.3, -0.25) is 14.4 Å². The zero-order valence-electron chi connectivity index (χ0n) is 28.1. The summed E-state index contributed by atoms with van der Waals surface area (Å²) in [5, 5.41) is 18.4. The van der Waals surface area contributed by atoms with Gasteiger partial charge in [0.1, 0.15) is 11.9 Å². The zero-order valence-corrected chi connectivity index (χ0v) is 28.1. The second-order valence-electron chi connectivity index (χ2n) is 12.4. The third kappa shape index (κ3) is 10.2. The molecule has 0 unspecified atom stereocenters. The van der Waals surface area contributed by atoms with E-state index in [9.17, 15) is 28.7 Å². The summed E-state index contributed by atoms with van der Waals surface area (Å²) in [6.45, 7) is 3.76. The fourth-order valence-corrected chi connectivity index (χ4v) is 5.45. The van der Waals surface area contributed by atoms with Crippen molar-refractivity contribution >= 4 is 46.5 Å². The molecule has 262 valence electrons. The first-order chi connectivity index (χ1) is 23.5. The monoisotopic (exact) mass is 676 g/mol. The number of rotatable bonds is 13. The van der Waals surface area contributed by atoms with E-state index in [0.29, 0.717) is 42.0 Å². The van der Waals surface area contributed by atoms with E-state index in [1.165, 1.54) is 29.2 Å². The first kappa shape index (κ1) is 36.7. The Morgan fingerprint density at radius 2 is 1.59 bits per heavy atom. The molecule has 5 amide bonds. The minimum atomic E-state index is -0.611. The Hall–Kier alpha value is -5.17. The van der Waals surface area contributed by atoms with Crippen molar-refractivity contribution in [3.05, 3.63) is 78.1 Å². The number of ether oxygens (including phenoxy) is 1. The molecule has 0 spiro atoms. The summed E-state index contributed by atoms with van der Waals surface area (Å²) in [4.78, 5) is 55.2. The van der Waals surface area contributed by atoms with Crippen molar-refractivity contribution in [2.75, 3.05) is 48.4 Å². The van der Waals surface area contributed by atoms with Crippen molar-refractivity contribution in [1.29, 1.82) is 0 Å². The van der Waals surface area contributed by atoms with E-state index in [1.807, 2.05) is 6.92 Å². The van der Waals surface area contributed by atoms with Crippen molar-refractivity contribution in [1.82, 2.24) is 9.80 Å². The Morgan fingerprint density at radius 1 is 0.959 bits per heavy atom. The number of para-hydroxylation sites is 3. The Balaban J connectivity index is 1.42. The van der Waals surface area contributed by atoms with E-state index in [-0.39, 0.29) is 67.5 Å². The number of carbonyl (C=O) groups is 4. The van der Waals surface area contributed by atoms with Crippen LogP contribution in [-0.4, -0.2) is 77.5 Å². The number of carbonyl (C=O) groups excluding carboxylic acids is 4. The van der Waals surface area contributed by atoms with Crippen molar-refractivity contribution in [2.24, 2.45) is 5.92 Å². The number of nitrogens with zero attached hydrogens (tertiary/aromatic N) is 2. The molecule has 12 nitrogen and oxygen atoms in total. The molecule has 0 aromatic heterocycles. The number of likely N-dealkylation sites (N-methyl/N-ethyl adjacent to an activating group) is 1. The van der Waals surface area contributed by atoms with Crippen LogP contribution in [0.3, 0.4) is 0 Å². The smallest absolute Gasteiger partial charge is 0.321 e. The molecule has 0 saturated carbocycles. The van der Waals surface area contributed by atoms with Crippen LogP contribution in [0.5, 0.6) is 5.75 Å². The lowest BCUT2D eigenvalue weighted by Crippen LogP contribution is -2.50. The number of fused-ring (bicyclic) bond motifs is 1. The van der Waals surface area contributed by atoms with Gasteiger partial charge in [0.2, 0.25) is 11.8 Å². The molecule has 0 radical (unpaired) electrons.